The maximum Gasteiger partial charge on any atom is 1.00 e. The molecule has 0 bridgehead atoms. The number of hydrogen-bond donors (Lipinski definition) is 1. The second-order valence-corrected chi connectivity index (χ2v) is 13.4. The second-order valence-electron chi connectivity index (χ2n) is 10.3. The van der Waals surface area contributed by atoms with Crippen molar-refractivity contribution in [2.75, 3.05) is 26.9 Å². The first-order chi connectivity index (χ1) is 21.4. The molecule has 3 rings (SSSR count). The molecule has 1 saturated carbocycles. The number of hydrogen-bond acceptors (Lipinski definition) is 17. The molecule has 262 valence electrons. The largest absolute Gasteiger partial charge is 1.00 e. The van der Waals surface area contributed by atoms with E-state index >= 15 is 0 Å². The van der Waals surface area contributed by atoms with Crippen molar-refractivity contribution in [3.63, 3.8) is 0 Å². The van der Waals surface area contributed by atoms with E-state index in [0.717, 1.165) is 39.2 Å². The summed E-state index contributed by atoms with van der Waals surface area (Å²) in [5.41, 5.74) is 0.673. The minimum absolute atomic E-state index is 0. The Morgan fingerprint density at radius 3 is 1.90 bits per heavy atom. The summed E-state index contributed by atoms with van der Waals surface area (Å²) in [7, 11) is -16.4. The molecule has 1 aromatic rings. The first kappa shape index (κ1) is 49.6. The summed E-state index contributed by atoms with van der Waals surface area (Å²) in [5, 5.41) is 2.90. The van der Waals surface area contributed by atoms with Crippen LogP contribution in [0.5, 0.6) is 0 Å². The average Bonchev–Trinajstić information content (AvgIpc) is 2.94. The Hall–Kier alpha value is 0.650. The van der Waals surface area contributed by atoms with E-state index in [4.69, 9.17) is 14.2 Å². The summed E-state index contributed by atoms with van der Waals surface area (Å²) >= 11 is 0. The fraction of sp³-hybridized carbons (Fsp3) is 0.667. The fourth-order valence-corrected chi connectivity index (χ4v) is 6.49. The van der Waals surface area contributed by atoms with Crippen LogP contribution in [0.4, 0.5) is 0 Å². The third-order valence-corrected chi connectivity index (χ3v) is 8.27. The van der Waals surface area contributed by atoms with Gasteiger partial charge in [0.05, 0.1) is 13.2 Å². The molecule has 49 heavy (non-hydrogen) atoms. The molecule has 19 nitrogen and oxygen atoms in total. The zero-order chi connectivity index (χ0) is 34.1. The Labute approximate surface area is 351 Å². The number of carbonyl (C=O) groups excluding carboxylic acids is 2. The number of amides is 2. The molecule has 0 radical (unpaired) electrons. The number of nitrogens with one attached hydrogen (secondary N) is 1. The summed E-state index contributed by atoms with van der Waals surface area (Å²) in [6.07, 6.45) is -6.90. The quantitative estimate of drug-likeness (QED) is 0.0925. The van der Waals surface area contributed by atoms with Crippen LogP contribution in [0.25, 0.3) is 0 Å². The molecular weight excluding hydrogens is 753 g/mol. The molecule has 2 amide bonds. The monoisotopic (exact) mass is 786 g/mol. The van der Waals surface area contributed by atoms with Gasteiger partial charge >= 0.3 is 88.7 Å². The van der Waals surface area contributed by atoms with Crippen molar-refractivity contribution in [1.82, 2.24) is 10.2 Å². The van der Waals surface area contributed by atoms with Crippen LogP contribution in [0.1, 0.15) is 37.7 Å². The molecule has 5 atom stereocenters. The van der Waals surface area contributed by atoms with Crippen molar-refractivity contribution >= 4 is 43.0 Å². The normalized spacial score (nSPS) is 23.2. The number of ether oxygens (including phenoxy) is 3. The Kier molecular flexibility index (Phi) is 23.1. The minimum atomic E-state index is -5.81. The molecule has 1 aromatic carbocycles. The van der Waals surface area contributed by atoms with Crippen molar-refractivity contribution < 1.29 is 164 Å². The zero-order valence-electron chi connectivity index (χ0n) is 27.3. The second kappa shape index (κ2) is 22.8. The van der Waals surface area contributed by atoms with Crippen LogP contribution in [0.3, 0.4) is 0 Å². The van der Waals surface area contributed by atoms with Gasteiger partial charge in [0.2, 0.25) is 43.0 Å². The van der Waals surface area contributed by atoms with Crippen molar-refractivity contribution in [1.29, 1.82) is 0 Å². The Bertz CT molecular complexity index is 1500. The van der Waals surface area contributed by atoms with Crippen molar-refractivity contribution in [3.8, 4) is 0 Å². The van der Waals surface area contributed by atoms with Crippen molar-refractivity contribution in [2.45, 2.75) is 75.4 Å². The molecule has 1 N–H and O–H groups in total. The van der Waals surface area contributed by atoms with Crippen LogP contribution in [-0.4, -0.2) is 119 Å². The van der Waals surface area contributed by atoms with Crippen LogP contribution in [-0.2, 0) is 74.1 Å². The van der Waals surface area contributed by atoms with Crippen LogP contribution in [0.2, 0.25) is 0 Å². The first-order valence-electron chi connectivity index (χ1n) is 13.7. The molecule has 1 saturated heterocycles. The smallest absolute Gasteiger partial charge is 0.726 e. The van der Waals surface area contributed by atoms with Gasteiger partial charge in [-0.2, -0.15) is 0 Å². The molecule has 2 aliphatic rings. The van der Waals surface area contributed by atoms with E-state index in [9.17, 15) is 48.5 Å². The predicted molar refractivity (Wildman–Crippen MR) is 147 cm³/mol. The molecular formula is C24H33N2Na3O17S3. The van der Waals surface area contributed by atoms with E-state index in [2.05, 4.69) is 17.9 Å². The van der Waals surface area contributed by atoms with Gasteiger partial charge in [-0.15, -0.1) is 0 Å². The summed E-state index contributed by atoms with van der Waals surface area (Å²) in [5.74, 6) is -1.15. The fourth-order valence-electron chi connectivity index (χ4n) is 5.02. The van der Waals surface area contributed by atoms with Gasteiger partial charge in [-0.1, -0.05) is 49.6 Å². The third-order valence-electron chi connectivity index (χ3n) is 6.89. The van der Waals surface area contributed by atoms with Gasteiger partial charge in [-0.25, -0.2) is 25.3 Å². The zero-order valence-corrected chi connectivity index (χ0v) is 35.8. The van der Waals surface area contributed by atoms with E-state index in [1.807, 2.05) is 0 Å². The van der Waals surface area contributed by atoms with Gasteiger partial charge in [-0.05, 0) is 18.4 Å². The molecule has 25 heteroatoms. The van der Waals surface area contributed by atoms with E-state index < -0.39 is 86.9 Å². The van der Waals surface area contributed by atoms with Crippen LogP contribution in [0.15, 0.2) is 30.3 Å². The van der Waals surface area contributed by atoms with E-state index in [1.54, 1.807) is 30.3 Å². The van der Waals surface area contributed by atoms with Gasteiger partial charge in [0.15, 0.2) is 12.4 Å². The maximum atomic E-state index is 13.2. The maximum absolute atomic E-state index is 13.2. The third kappa shape index (κ3) is 18.5. The molecule has 0 spiro atoms. The predicted octanol–water partition coefficient (Wildman–Crippen LogP) is -10.6. The van der Waals surface area contributed by atoms with Gasteiger partial charge in [-0.3, -0.25) is 22.1 Å². The summed E-state index contributed by atoms with van der Waals surface area (Å²) in [6.45, 7) is -2.01. The number of benzene rings is 1. The Balaban J connectivity index is 0.00000768. The summed E-state index contributed by atoms with van der Waals surface area (Å²) in [4.78, 5) is 27.2. The van der Waals surface area contributed by atoms with Crippen LogP contribution >= 0.6 is 0 Å². The Morgan fingerprint density at radius 2 is 1.37 bits per heavy atom. The molecule has 1 aliphatic carbocycles. The van der Waals surface area contributed by atoms with Crippen LogP contribution in [0, 0.1) is 0 Å². The van der Waals surface area contributed by atoms with Crippen molar-refractivity contribution in [3.05, 3.63) is 35.9 Å². The van der Waals surface area contributed by atoms with E-state index in [0.29, 0.717) is 5.56 Å². The summed E-state index contributed by atoms with van der Waals surface area (Å²) < 4.78 is 131. The number of rotatable bonds is 16. The molecule has 1 heterocycles. The number of methoxy groups -OCH3 is 1. The van der Waals surface area contributed by atoms with E-state index in [1.165, 1.54) is 4.90 Å². The Morgan fingerprint density at radius 1 is 0.837 bits per heavy atom. The number of nitrogens with zero attached hydrogens (tertiary/aromatic N) is 1. The van der Waals surface area contributed by atoms with Gasteiger partial charge < -0.3 is 38.1 Å². The van der Waals surface area contributed by atoms with Gasteiger partial charge in [0, 0.05) is 19.7 Å². The molecule has 0 unspecified atom stereocenters. The van der Waals surface area contributed by atoms with Gasteiger partial charge in [0.1, 0.15) is 24.9 Å². The minimum Gasteiger partial charge on any atom is -0.726 e. The van der Waals surface area contributed by atoms with Crippen molar-refractivity contribution in [2.24, 2.45) is 0 Å². The average molecular weight is 787 g/mol. The topological polar surface area (TPSA) is 276 Å². The van der Waals surface area contributed by atoms with Crippen LogP contribution < -0.4 is 94.0 Å². The standard InChI is InChI=1S/C24H36N2O17S3.3Na/c1-38-24-23(43-46(35,36)37)22(42-45(32,33)34)21(41-44(29,30)31)18(40-24)14-39-15-20(28)26(12-16-8-4-2-5-9-16)13-19(27)25-17-10-6-3-7-11-17;;;/h2,4-5,8-9,17-18,21-24H,3,6-7,10-15H2,1H3,(H,25,27)(H,29,30,31)(H,32,33,34)(H,35,36,37);;;/q;3*+1/p-3/t18-,21+,22-,23+,24-;;;/m0.../s1. The number of carbonyl (C=O) groups is 2. The molecule has 0 aromatic heterocycles. The molecule has 1 aliphatic heterocycles. The SMILES string of the molecule is CO[C@H]1O[C@@H](COCC(=O)N(CC(=O)NC2CCCCC2)Cc2ccccc2)[C@@H](OS(=O)(=O)[O-])[C@H](OS(=O)(=O)[O-])[C@H]1OS(=O)(=O)[O-].[Na+].[Na+].[Na+]. The molecule has 2 fully saturated rings. The first-order valence-corrected chi connectivity index (χ1v) is 17.7. The van der Waals surface area contributed by atoms with Gasteiger partial charge in [0.25, 0.3) is 0 Å². The summed E-state index contributed by atoms with van der Waals surface area (Å²) in [6, 6.07) is 8.61. The van der Waals surface area contributed by atoms with E-state index in [-0.39, 0.29) is 108 Å².